The molecule has 1 aliphatic carbocycles. The van der Waals surface area contributed by atoms with Gasteiger partial charge in [-0.15, -0.1) is 0 Å². The molecule has 1 fully saturated rings. The quantitative estimate of drug-likeness (QED) is 0.165. The summed E-state index contributed by atoms with van der Waals surface area (Å²) in [5.74, 6) is -0.0186. The maximum absolute atomic E-state index is 12.2. The van der Waals surface area contributed by atoms with Gasteiger partial charge in [0.15, 0.2) is 0 Å². The van der Waals surface area contributed by atoms with Crippen molar-refractivity contribution in [2.75, 3.05) is 30.8 Å². The molecule has 14 heteroatoms. The minimum Gasteiger partial charge on any atom is -0.593 e. The molecule has 1 aliphatic rings. The fraction of sp³-hybridized carbons (Fsp3) is 0.450. The van der Waals surface area contributed by atoms with Gasteiger partial charge in [-0.3, -0.25) is 0 Å². The summed E-state index contributed by atoms with van der Waals surface area (Å²) in [7, 11) is -3.75. The van der Waals surface area contributed by atoms with Crippen LogP contribution >= 0.6 is 0 Å². The van der Waals surface area contributed by atoms with Crippen LogP contribution in [0.4, 0.5) is 23.1 Å². The third-order valence-corrected chi connectivity index (χ3v) is 6.69. The van der Waals surface area contributed by atoms with E-state index in [0.29, 0.717) is 18.2 Å². The molecule has 2 aromatic rings. The maximum Gasteiger partial charge on any atom is 0.349 e. The second-order valence-corrected chi connectivity index (χ2v) is 9.41. The van der Waals surface area contributed by atoms with E-state index >= 15 is 0 Å². The van der Waals surface area contributed by atoms with E-state index in [1.165, 1.54) is 36.9 Å². The first kappa shape index (κ1) is 25.1. The molecule has 0 atom stereocenters. The van der Waals surface area contributed by atoms with Crippen molar-refractivity contribution in [3.8, 4) is 12.1 Å². The van der Waals surface area contributed by atoms with Crippen LogP contribution in [0.25, 0.3) is 0 Å². The van der Waals surface area contributed by atoms with Crippen molar-refractivity contribution in [1.29, 1.82) is 5.26 Å². The number of hydrogen-bond donors (Lipinski definition) is 4. The molecule has 0 saturated heterocycles. The van der Waals surface area contributed by atoms with E-state index in [1.807, 2.05) is 0 Å². The van der Waals surface area contributed by atoms with Crippen molar-refractivity contribution in [2.45, 2.75) is 37.0 Å². The van der Waals surface area contributed by atoms with E-state index in [-0.39, 0.29) is 46.2 Å². The second kappa shape index (κ2) is 11.5. The molecule has 1 aromatic carbocycles. The Balaban J connectivity index is 1.83. The number of hydrogen-bond acceptors (Lipinski definition) is 11. The Labute approximate surface area is 196 Å². The summed E-state index contributed by atoms with van der Waals surface area (Å²) < 4.78 is 32.4. The lowest BCUT2D eigenvalue weighted by molar-refractivity contribution is -0.435. The standard InChI is InChI=1S/C20H26N8O5S/c21-13-23-28(30)17-18(22)26-20(27-19(17)33-12-14-4-2-1-3-5-14)25-15-6-8-16(9-7-15)34(31,32)24-10-11-29/h6-9,14,24,29H,1-5,10-12H2,(H3,22,25,26,27). The van der Waals surface area contributed by atoms with Gasteiger partial charge < -0.3 is 26.1 Å². The van der Waals surface area contributed by atoms with Gasteiger partial charge in [0, 0.05) is 12.2 Å². The molecule has 3 rings (SSSR count). The van der Waals surface area contributed by atoms with Gasteiger partial charge in [0.05, 0.1) is 23.2 Å². The van der Waals surface area contributed by atoms with Gasteiger partial charge >= 0.3 is 5.69 Å². The average Bonchev–Trinajstić information content (AvgIpc) is 2.82. The molecule has 0 radical (unpaired) electrons. The topological polar surface area (TPSA) is 202 Å². The second-order valence-electron chi connectivity index (χ2n) is 7.64. The first-order chi connectivity index (χ1) is 16.3. The van der Waals surface area contributed by atoms with Crippen molar-refractivity contribution in [1.82, 2.24) is 14.7 Å². The fourth-order valence-electron chi connectivity index (χ4n) is 3.54. The molecule has 1 heterocycles. The van der Waals surface area contributed by atoms with Crippen molar-refractivity contribution in [2.24, 2.45) is 11.0 Å². The van der Waals surface area contributed by atoms with Crippen LogP contribution in [-0.4, -0.2) is 48.1 Å². The van der Waals surface area contributed by atoms with Crippen LogP contribution in [0.5, 0.6) is 5.88 Å². The number of ether oxygens (including phenoxy) is 1. The smallest absolute Gasteiger partial charge is 0.349 e. The van der Waals surface area contributed by atoms with E-state index in [2.05, 4.69) is 25.1 Å². The molecule has 1 aromatic heterocycles. The summed E-state index contributed by atoms with van der Waals surface area (Å²) in [6, 6.07) is 5.72. The Hall–Kier alpha value is -3.54. The zero-order valence-electron chi connectivity index (χ0n) is 18.3. The fourth-order valence-corrected chi connectivity index (χ4v) is 4.56. The number of sulfonamides is 1. The first-order valence-corrected chi connectivity index (χ1v) is 12.2. The van der Waals surface area contributed by atoms with Gasteiger partial charge in [-0.1, -0.05) is 19.3 Å². The van der Waals surface area contributed by atoms with Gasteiger partial charge in [0.25, 0.3) is 12.1 Å². The number of nitrogens with two attached hydrogens (primary N) is 1. The summed E-state index contributed by atoms with van der Waals surface area (Å²) in [4.78, 5) is 8.31. The number of aliphatic hydroxyl groups excluding tert-OH is 1. The molecule has 0 amide bonds. The molecule has 182 valence electrons. The van der Waals surface area contributed by atoms with E-state index in [0.717, 1.165) is 25.7 Å². The van der Waals surface area contributed by atoms with Crippen LogP contribution in [0, 0.1) is 22.6 Å². The van der Waals surface area contributed by atoms with Crippen molar-refractivity contribution >= 4 is 33.2 Å². The van der Waals surface area contributed by atoms with Gasteiger partial charge in [0.1, 0.15) is 0 Å². The van der Waals surface area contributed by atoms with E-state index < -0.39 is 10.0 Å². The predicted octanol–water partition coefficient (Wildman–Crippen LogP) is 2.11. The maximum atomic E-state index is 12.2. The number of nitrogens with zero attached hydrogens (tertiary/aromatic N) is 5. The Kier molecular flexibility index (Phi) is 8.52. The monoisotopic (exact) mass is 490 g/mol. The Morgan fingerprint density at radius 2 is 1.97 bits per heavy atom. The zero-order chi connectivity index (χ0) is 24.6. The number of aromatic nitrogens is 2. The van der Waals surface area contributed by atoms with Gasteiger partial charge in [0.2, 0.25) is 21.8 Å². The number of benzene rings is 1. The largest absolute Gasteiger partial charge is 0.593 e. The van der Waals surface area contributed by atoms with Crippen LogP contribution < -0.4 is 20.5 Å². The molecule has 0 bridgehead atoms. The number of azo groups is 1. The number of rotatable bonds is 10. The minimum atomic E-state index is -3.75. The number of nitriles is 1. The summed E-state index contributed by atoms with van der Waals surface area (Å²) in [6.07, 6.45) is 6.82. The molecule has 0 spiro atoms. The van der Waals surface area contributed by atoms with Crippen LogP contribution in [0.1, 0.15) is 32.1 Å². The summed E-state index contributed by atoms with van der Waals surface area (Å²) in [5.41, 5.74) is 6.14. The molecule has 0 unspecified atom stereocenters. The highest BCUT2D eigenvalue weighted by Gasteiger charge is 2.25. The van der Waals surface area contributed by atoms with E-state index in [4.69, 9.17) is 20.8 Å². The molecular weight excluding hydrogens is 464 g/mol. The highest BCUT2D eigenvalue weighted by atomic mass is 32.2. The highest BCUT2D eigenvalue weighted by molar-refractivity contribution is 7.89. The summed E-state index contributed by atoms with van der Waals surface area (Å²) in [5, 5.41) is 35.8. The third kappa shape index (κ3) is 6.50. The van der Waals surface area contributed by atoms with Crippen LogP contribution in [-0.2, 0) is 10.0 Å². The molecule has 13 nitrogen and oxygen atoms in total. The minimum absolute atomic E-state index is 0.0129. The summed E-state index contributed by atoms with van der Waals surface area (Å²) in [6.45, 7) is -0.0852. The van der Waals surface area contributed by atoms with Gasteiger partial charge in [-0.2, -0.15) is 15.2 Å². The van der Waals surface area contributed by atoms with Crippen molar-refractivity contribution < 1.29 is 23.1 Å². The van der Waals surface area contributed by atoms with Gasteiger partial charge in [-0.25, -0.2) is 13.1 Å². The SMILES string of the molecule is N#CN=[N+]([O-])c1c(N)nc(Nc2ccc(S(=O)(=O)NCCO)cc2)nc1OCC1CCCCC1. The number of aliphatic hydroxyl groups is 1. The lowest BCUT2D eigenvalue weighted by Crippen LogP contribution is -2.26. The molecular formula is C20H26N8O5S. The number of anilines is 3. The normalized spacial score (nSPS) is 15.0. The molecule has 34 heavy (non-hydrogen) atoms. The van der Waals surface area contributed by atoms with Crippen molar-refractivity contribution in [3.63, 3.8) is 0 Å². The van der Waals surface area contributed by atoms with E-state index in [9.17, 15) is 13.6 Å². The highest BCUT2D eigenvalue weighted by Crippen LogP contribution is 2.34. The summed E-state index contributed by atoms with van der Waals surface area (Å²) >= 11 is 0. The Bertz CT molecular complexity index is 1160. The average molecular weight is 491 g/mol. The first-order valence-electron chi connectivity index (χ1n) is 10.7. The lowest BCUT2D eigenvalue weighted by atomic mass is 9.90. The molecule has 0 aliphatic heterocycles. The van der Waals surface area contributed by atoms with Crippen LogP contribution in [0.2, 0.25) is 0 Å². The lowest BCUT2D eigenvalue weighted by Gasteiger charge is -2.21. The zero-order valence-corrected chi connectivity index (χ0v) is 19.2. The van der Waals surface area contributed by atoms with Gasteiger partial charge in [-0.05, 0) is 47.9 Å². The molecule has 5 N–H and O–H groups in total. The number of nitrogens with one attached hydrogen (secondary N) is 2. The van der Waals surface area contributed by atoms with Crippen LogP contribution in [0.15, 0.2) is 34.3 Å². The molecule has 1 saturated carbocycles. The predicted molar refractivity (Wildman–Crippen MR) is 122 cm³/mol. The third-order valence-electron chi connectivity index (χ3n) is 5.21. The van der Waals surface area contributed by atoms with Crippen LogP contribution in [0.3, 0.4) is 0 Å². The Morgan fingerprint density at radius 3 is 2.62 bits per heavy atom. The number of nitrogen functional groups attached to an aromatic ring is 1. The Morgan fingerprint density at radius 1 is 1.26 bits per heavy atom. The van der Waals surface area contributed by atoms with E-state index in [1.54, 1.807) is 0 Å². The van der Waals surface area contributed by atoms with Crippen molar-refractivity contribution in [3.05, 3.63) is 29.5 Å².